The molecule has 0 fully saturated rings. The minimum Gasteiger partial charge on any atom is -0.294 e. The van der Waals surface area contributed by atoms with Crippen LogP contribution in [-0.4, -0.2) is 5.78 Å². The van der Waals surface area contributed by atoms with Gasteiger partial charge in [0.1, 0.15) is 0 Å². The van der Waals surface area contributed by atoms with Crippen molar-refractivity contribution in [1.29, 1.82) is 0 Å². The quantitative estimate of drug-likeness (QED) is 0.745. The zero-order valence-corrected chi connectivity index (χ0v) is 11.4. The summed E-state index contributed by atoms with van der Waals surface area (Å²) in [7, 11) is 0. The van der Waals surface area contributed by atoms with Gasteiger partial charge >= 0.3 is 0 Å². The van der Waals surface area contributed by atoms with Crippen LogP contribution in [0.15, 0.2) is 42.5 Å². The van der Waals surface area contributed by atoms with Crippen molar-refractivity contribution in [2.45, 2.75) is 32.6 Å². The molecule has 19 heavy (non-hydrogen) atoms. The summed E-state index contributed by atoms with van der Waals surface area (Å²) in [6.07, 6.45) is 1.69. The van der Waals surface area contributed by atoms with Crippen LogP contribution in [-0.2, 0) is 6.42 Å². The highest BCUT2D eigenvalue weighted by molar-refractivity contribution is 5.97. The van der Waals surface area contributed by atoms with Gasteiger partial charge in [-0.25, -0.2) is 0 Å². The Morgan fingerprint density at radius 1 is 1.11 bits per heavy atom. The van der Waals surface area contributed by atoms with Gasteiger partial charge in [-0.2, -0.15) is 0 Å². The second-order valence-corrected chi connectivity index (χ2v) is 5.60. The lowest BCUT2D eigenvalue weighted by Crippen LogP contribution is -2.20. The summed E-state index contributed by atoms with van der Waals surface area (Å²) in [6.45, 7) is 4.09. The van der Waals surface area contributed by atoms with Gasteiger partial charge in [-0.3, -0.25) is 4.79 Å². The van der Waals surface area contributed by atoms with Crippen molar-refractivity contribution >= 4 is 5.78 Å². The minimum absolute atomic E-state index is 0.270. The molecule has 1 nitrogen and oxygen atoms in total. The first-order chi connectivity index (χ1) is 9.13. The maximum absolute atomic E-state index is 12.4. The third-order valence-corrected chi connectivity index (χ3v) is 3.94. The van der Waals surface area contributed by atoms with E-state index in [1.165, 1.54) is 11.1 Å². The van der Waals surface area contributed by atoms with Crippen LogP contribution < -0.4 is 0 Å². The molecule has 0 radical (unpaired) electrons. The standard InChI is InChI=1S/C18H18O/c1-12-7-13(2)9-16(8-12)18(19)11-15-10-14-5-3-4-6-17(14)15/h3-9,15H,10-11H2,1-2H3. The van der Waals surface area contributed by atoms with Gasteiger partial charge in [-0.1, -0.05) is 41.5 Å². The van der Waals surface area contributed by atoms with E-state index in [4.69, 9.17) is 0 Å². The molecule has 1 atom stereocenters. The molecule has 0 aromatic heterocycles. The second-order valence-electron chi connectivity index (χ2n) is 5.60. The molecular weight excluding hydrogens is 232 g/mol. The first-order valence-corrected chi connectivity index (χ1v) is 6.83. The number of ketones is 1. The Hall–Kier alpha value is -1.89. The van der Waals surface area contributed by atoms with Crippen LogP contribution in [0.25, 0.3) is 0 Å². The molecule has 2 aromatic rings. The molecule has 0 N–H and O–H groups in total. The van der Waals surface area contributed by atoms with Crippen LogP contribution in [0.2, 0.25) is 0 Å². The highest BCUT2D eigenvalue weighted by atomic mass is 16.1. The molecule has 1 heteroatoms. The Bertz CT molecular complexity index is 620. The summed E-state index contributed by atoms with van der Waals surface area (Å²) < 4.78 is 0. The van der Waals surface area contributed by atoms with Gasteiger partial charge in [-0.05, 0) is 49.4 Å². The molecule has 0 heterocycles. The van der Waals surface area contributed by atoms with E-state index in [-0.39, 0.29) is 5.78 Å². The fourth-order valence-electron chi connectivity index (χ4n) is 3.02. The Morgan fingerprint density at radius 2 is 1.79 bits per heavy atom. The van der Waals surface area contributed by atoms with Gasteiger partial charge in [0, 0.05) is 12.0 Å². The molecule has 0 aliphatic heterocycles. The lowest BCUT2D eigenvalue weighted by atomic mass is 9.74. The fourth-order valence-corrected chi connectivity index (χ4v) is 3.02. The number of hydrogen-bond donors (Lipinski definition) is 0. The molecule has 1 aliphatic rings. The maximum Gasteiger partial charge on any atom is 0.163 e. The molecule has 0 spiro atoms. The van der Waals surface area contributed by atoms with Crippen molar-refractivity contribution in [2.75, 3.05) is 0 Å². The monoisotopic (exact) mass is 250 g/mol. The fraction of sp³-hybridized carbons (Fsp3) is 0.278. The van der Waals surface area contributed by atoms with E-state index in [9.17, 15) is 4.79 Å². The van der Waals surface area contributed by atoms with Crippen LogP contribution >= 0.6 is 0 Å². The lowest BCUT2D eigenvalue weighted by molar-refractivity contribution is 0.0970. The third kappa shape index (κ3) is 2.33. The molecule has 0 saturated heterocycles. The van der Waals surface area contributed by atoms with Gasteiger partial charge in [-0.15, -0.1) is 0 Å². The number of carbonyl (C=O) groups is 1. The normalized spacial score (nSPS) is 16.6. The summed E-state index contributed by atoms with van der Waals surface area (Å²) in [5, 5.41) is 0. The van der Waals surface area contributed by atoms with E-state index in [2.05, 4.69) is 30.3 Å². The summed E-state index contributed by atoms with van der Waals surface area (Å²) in [4.78, 5) is 12.4. The van der Waals surface area contributed by atoms with Crippen LogP contribution in [0.1, 0.15) is 45.0 Å². The molecule has 1 unspecified atom stereocenters. The molecular formula is C18H18O. The van der Waals surface area contributed by atoms with Crippen molar-refractivity contribution in [2.24, 2.45) is 0 Å². The van der Waals surface area contributed by atoms with Crippen LogP contribution in [0, 0.1) is 13.8 Å². The van der Waals surface area contributed by atoms with Crippen molar-refractivity contribution in [1.82, 2.24) is 0 Å². The zero-order chi connectivity index (χ0) is 13.4. The summed E-state index contributed by atoms with van der Waals surface area (Å²) in [6, 6.07) is 14.5. The number of carbonyl (C=O) groups excluding carboxylic acids is 1. The van der Waals surface area contributed by atoms with Crippen LogP contribution in [0.4, 0.5) is 0 Å². The van der Waals surface area contributed by atoms with Crippen molar-refractivity contribution in [3.8, 4) is 0 Å². The van der Waals surface area contributed by atoms with E-state index in [0.29, 0.717) is 12.3 Å². The molecule has 1 aliphatic carbocycles. The van der Waals surface area contributed by atoms with Crippen molar-refractivity contribution < 1.29 is 4.79 Å². The molecule has 0 bridgehead atoms. The molecule has 96 valence electrons. The Kier molecular flexibility index (Phi) is 2.98. The Balaban J connectivity index is 1.77. The molecule has 3 rings (SSSR count). The molecule has 2 aromatic carbocycles. The summed E-state index contributed by atoms with van der Waals surface area (Å²) in [5.41, 5.74) is 5.96. The average molecular weight is 250 g/mol. The van der Waals surface area contributed by atoms with E-state index in [1.54, 1.807) is 0 Å². The number of Topliss-reactive ketones (excluding diaryl/α,β-unsaturated/α-hetero) is 1. The van der Waals surface area contributed by atoms with E-state index in [0.717, 1.165) is 23.1 Å². The van der Waals surface area contributed by atoms with Gasteiger partial charge in [0.25, 0.3) is 0 Å². The first-order valence-electron chi connectivity index (χ1n) is 6.83. The smallest absolute Gasteiger partial charge is 0.163 e. The number of hydrogen-bond acceptors (Lipinski definition) is 1. The van der Waals surface area contributed by atoms with E-state index >= 15 is 0 Å². The Labute approximate surface area is 114 Å². The average Bonchev–Trinajstić information content (AvgIpc) is 2.34. The number of rotatable bonds is 3. The second kappa shape index (κ2) is 4.65. The van der Waals surface area contributed by atoms with Gasteiger partial charge in [0.2, 0.25) is 0 Å². The minimum atomic E-state index is 0.270. The number of aryl methyl sites for hydroxylation is 2. The maximum atomic E-state index is 12.4. The SMILES string of the molecule is Cc1cc(C)cc(C(=O)CC2Cc3ccccc32)c1. The zero-order valence-electron chi connectivity index (χ0n) is 11.4. The molecule has 0 amide bonds. The summed E-state index contributed by atoms with van der Waals surface area (Å²) >= 11 is 0. The van der Waals surface area contributed by atoms with Gasteiger partial charge in [0.15, 0.2) is 5.78 Å². The third-order valence-electron chi connectivity index (χ3n) is 3.94. The Morgan fingerprint density at radius 3 is 2.47 bits per heavy atom. The summed E-state index contributed by atoms with van der Waals surface area (Å²) in [5.74, 6) is 0.691. The lowest BCUT2D eigenvalue weighted by Gasteiger charge is -2.29. The number of fused-ring (bicyclic) bond motifs is 1. The van der Waals surface area contributed by atoms with Crippen molar-refractivity contribution in [3.05, 3.63) is 70.3 Å². The van der Waals surface area contributed by atoms with E-state index in [1.807, 2.05) is 26.0 Å². The van der Waals surface area contributed by atoms with E-state index < -0.39 is 0 Å². The predicted molar refractivity (Wildman–Crippen MR) is 77.8 cm³/mol. The topological polar surface area (TPSA) is 17.1 Å². The number of benzene rings is 2. The largest absolute Gasteiger partial charge is 0.294 e. The van der Waals surface area contributed by atoms with Gasteiger partial charge < -0.3 is 0 Å². The predicted octanol–water partition coefficient (Wildman–Crippen LogP) is 4.22. The van der Waals surface area contributed by atoms with Crippen LogP contribution in [0.3, 0.4) is 0 Å². The van der Waals surface area contributed by atoms with Crippen molar-refractivity contribution in [3.63, 3.8) is 0 Å². The highest BCUT2D eigenvalue weighted by Crippen LogP contribution is 2.37. The first kappa shape index (κ1) is 12.2. The molecule has 0 saturated carbocycles. The van der Waals surface area contributed by atoms with Gasteiger partial charge in [0.05, 0.1) is 0 Å². The highest BCUT2D eigenvalue weighted by Gasteiger charge is 2.27. The van der Waals surface area contributed by atoms with Crippen LogP contribution in [0.5, 0.6) is 0 Å².